The van der Waals surface area contributed by atoms with Crippen molar-refractivity contribution in [2.24, 2.45) is 0 Å². The molecule has 3 nitrogen and oxygen atoms in total. The minimum Gasteiger partial charge on any atom is -0.385 e. The summed E-state index contributed by atoms with van der Waals surface area (Å²) in [5, 5.41) is 0. The number of ketones is 1. The SMILES string of the molecule is COCCCC(=O)CC1CO1. The summed E-state index contributed by atoms with van der Waals surface area (Å²) in [6.07, 6.45) is 2.31. The van der Waals surface area contributed by atoms with Gasteiger partial charge in [-0.1, -0.05) is 0 Å². The van der Waals surface area contributed by atoms with Crippen molar-refractivity contribution in [1.29, 1.82) is 0 Å². The molecule has 1 aliphatic rings. The van der Waals surface area contributed by atoms with Gasteiger partial charge in [0.2, 0.25) is 0 Å². The van der Waals surface area contributed by atoms with E-state index < -0.39 is 0 Å². The molecular formula is C8H14O3. The number of methoxy groups -OCH3 is 1. The Kier molecular flexibility index (Phi) is 3.52. The maximum atomic E-state index is 11.0. The molecule has 0 spiro atoms. The van der Waals surface area contributed by atoms with E-state index in [1.807, 2.05) is 0 Å². The molecule has 0 aromatic rings. The van der Waals surface area contributed by atoms with Gasteiger partial charge >= 0.3 is 0 Å². The average molecular weight is 158 g/mol. The van der Waals surface area contributed by atoms with Gasteiger partial charge in [-0.25, -0.2) is 0 Å². The van der Waals surface area contributed by atoms with Crippen LogP contribution in [0.4, 0.5) is 0 Å². The van der Waals surface area contributed by atoms with Gasteiger partial charge in [-0.05, 0) is 6.42 Å². The third-order valence-corrected chi connectivity index (χ3v) is 1.66. The molecule has 1 fully saturated rings. The van der Waals surface area contributed by atoms with Crippen molar-refractivity contribution in [3.8, 4) is 0 Å². The molecule has 1 rings (SSSR count). The molecular weight excluding hydrogens is 144 g/mol. The van der Waals surface area contributed by atoms with Crippen LogP contribution in [0.5, 0.6) is 0 Å². The van der Waals surface area contributed by atoms with E-state index in [-0.39, 0.29) is 6.10 Å². The molecule has 0 aromatic carbocycles. The molecule has 0 amide bonds. The molecule has 1 heterocycles. The highest BCUT2D eigenvalue weighted by atomic mass is 16.6. The van der Waals surface area contributed by atoms with Crippen LogP contribution in [0.25, 0.3) is 0 Å². The standard InChI is InChI=1S/C8H14O3/c1-10-4-2-3-7(9)5-8-6-11-8/h8H,2-6H2,1H3. The van der Waals surface area contributed by atoms with Crippen molar-refractivity contribution >= 4 is 5.78 Å². The highest BCUT2D eigenvalue weighted by Crippen LogP contribution is 2.14. The summed E-state index contributed by atoms with van der Waals surface area (Å²) < 4.78 is 9.76. The molecule has 64 valence electrons. The van der Waals surface area contributed by atoms with Gasteiger partial charge in [-0.3, -0.25) is 4.79 Å². The van der Waals surface area contributed by atoms with Crippen LogP contribution in [0, 0.1) is 0 Å². The summed E-state index contributed by atoms with van der Waals surface area (Å²) >= 11 is 0. The lowest BCUT2D eigenvalue weighted by atomic mass is 10.1. The molecule has 1 atom stereocenters. The Morgan fingerprint density at radius 1 is 1.73 bits per heavy atom. The molecule has 11 heavy (non-hydrogen) atoms. The lowest BCUT2D eigenvalue weighted by Gasteiger charge is -1.97. The number of hydrogen-bond acceptors (Lipinski definition) is 3. The fraction of sp³-hybridized carbons (Fsp3) is 0.875. The van der Waals surface area contributed by atoms with Crippen LogP contribution in [0.1, 0.15) is 19.3 Å². The number of carbonyl (C=O) groups excluding carboxylic acids is 1. The quantitative estimate of drug-likeness (QED) is 0.423. The van der Waals surface area contributed by atoms with Crippen LogP contribution in [0.3, 0.4) is 0 Å². The van der Waals surface area contributed by atoms with Crippen molar-refractivity contribution in [3.05, 3.63) is 0 Å². The minimum atomic E-state index is 0.241. The van der Waals surface area contributed by atoms with E-state index in [1.54, 1.807) is 7.11 Å². The number of hydrogen-bond donors (Lipinski definition) is 0. The lowest BCUT2D eigenvalue weighted by Crippen LogP contribution is -2.03. The highest BCUT2D eigenvalue weighted by Gasteiger charge is 2.24. The molecule has 0 radical (unpaired) electrons. The van der Waals surface area contributed by atoms with E-state index >= 15 is 0 Å². The monoisotopic (exact) mass is 158 g/mol. The summed E-state index contributed by atoms with van der Waals surface area (Å²) in [6, 6.07) is 0. The molecule has 1 saturated heterocycles. The molecule has 1 unspecified atom stereocenters. The Morgan fingerprint density at radius 3 is 3.00 bits per heavy atom. The van der Waals surface area contributed by atoms with Crippen LogP contribution in [-0.2, 0) is 14.3 Å². The van der Waals surface area contributed by atoms with Gasteiger partial charge in [0.25, 0.3) is 0 Å². The third-order valence-electron chi connectivity index (χ3n) is 1.66. The summed E-state index contributed by atoms with van der Waals surface area (Å²) in [7, 11) is 1.65. The van der Waals surface area contributed by atoms with E-state index in [0.29, 0.717) is 25.2 Å². The number of carbonyl (C=O) groups is 1. The maximum absolute atomic E-state index is 11.0. The molecule has 0 aliphatic carbocycles. The lowest BCUT2D eigenvalue weighted by molar-refractivity contribution is -0.119. The van der Waals surface area contributed by atoms with Gasteiger partial charge in [0.15, 0.2) is 0 Å². The highest BCUT2D eigenvalue weighted by molar-refractivity contribution is 5.79. The zero-order valence-electron chi connectivity index (χ0n) is 6.84. The van der Waals surface area contributed by atoms with Crippen molar-refractivity contribution in [3.63, 3.8) is 0 Å². The van der Waals surface area contributed by atoms with Gasteiger partial charge in [0.1, 0.15) is 5.78 Å². The van der Waals surface area contributed by atoms with Crippen LogP contribution < -0.4 is 0 Å². The number of rotatable bonds is 6. The second-order valence-electron chi connectivity index (χ2n) is 2.79. The summed E-state index contributed by atoms with van der Waals surface area (Å²) in [5.41, 5.74) is 0. The minimum absolute atomic E-state index is 0.241. The predicted octanol–water partition coefficient (Wildman–Crippen LogP) is 0.771. The van der Waals surface area contributed by atoms with Crippen LogP contribution in [0.2, 0.25) is 0 Å². The van der Waals surface area contributed by atoms with Crippen molar-refractivity contribution in [2.75, 3.05) is 20.3 Å². The average Bonchev–Trinajstić information content (AvgIpc) is 2.72. The van der Waals surface area contributed by atoms with Crippen molar-refractivity contribution in [1.82, 2.24) is 0 Å². The van der Waals surface area contributed by atoms with Gasteiger partial charge in [0.05, 0.1) is 12.7 Å². The number of epoxide rings is 1. The normalized spacial score (nSPS) is 21.7. The second kappa shape index (κ2) is 4.46. The summed E-state index contributed by atoms with van der Waals surface area (Å²) in [6.45, 7) is 1.45. The van der Waals surface area contributed by atoms with E-state index in [0.717, 1.165) is 13.0 Å². The molecule has 0 N–H and O–H groups in total. The fourth-order valence-corrected chi connectivity index (χ4v) is 0.956. The zero-order valence-corrected chi connectivity index (χ0v) is 6.84. The third kappa shape index (κ3) is 4.11. The first-order chi connectivity index (χ1) is 5.33. The van der Waals surface area contributed by atoms with Gasteiger partial charge in [-0.2, -0.15) is 0 Å². The van der Waals surface area contributed by atoms with Crippen LogP contribution >= 0.6 is 0 Å². The second-order valence-corrected chi connectivity index (χ2v) is 2.79. The first kappa shape index (κ1) is 8.68. The van der Waals surface area contributed by atoms with E-state index in [1.165, 1.54) is 0 Å². The topological polar surface area (TPSA) is 38.8 Å². The first-order valence-corrected chi connectivity index (χ1v) is 3.95. The Morgan fingerprint density at radius 2 is 2.45 bits per heavy atom. The Labute approximate surface area is 66.7 Å². The number of Topliss-reactive ketones (excluding diaryl/α,β-unsaturated/α-hetero) is 1. The largest absolute Gasteiger partial charge is 0.385 e. The molecule has 0 bridgehead atoms. The first-order valence-electron chi connectivity index (χ1n) is 3.95. The van der Waals surface area contributed by atoms with E-state index in [2.05, 4.69) is 0 Å². The fourth-order valence-electron chi connectivity index (χ4n) is 0.956. The Balaban J connectivity index is 1.92. The van der Waals surface area contributed by atoms with Gasteiger partial charge < -0.3 is 9.47 Å². The van der Waals surface area contributed by atoms with E-state index in [4.69, 9.17) is 9.47 Å². The smallest absolute Gasteiger partial charge is 0.135 e. The molecule has 0 saturated carbocycles. The van der Waals surface area contributed by atoms with Gasteiger partial charge in [0, 0.05) is 26.6 Å². The molecule has 1 aliphatic heterocycles. The molecule has 3 heteroatoms. The summed E-state index contributed by atoms with van der Waals surface area (Å²) in [5.74, 6) is 0.296. The van der Waals surface area contributed by atoms with Crippen LogP contribution in [-0.4, -0.2) is 32.2 Å². The Hall–Kier alpha value is -0.410. The van der Waals surface area contributed by atoms with Crippen molar-refractivity contribution in [2.45, 2.75) is 25.4 Å². The van der Waals surface area contributed by atoms with Crippen molar-refractivity contribution < 1.29 is 14.3 Å². The zero-order chi connectivity index (χ0) is 8.10. The molecule has 0 aromatic heterocycles. The van der Waals surface area contributed by atoms with Crippen LogP contribution in [0.15, 0.2) is 0 Å². The Bertz CT molecular complexity index is 129. The predicted molar refractivity (Wildman–Crippen MR) is 40.5 cm³/mol. The maximum Gasteiger partial charge on any atom is 0.135 e. The van der Waals surface area contributed by atoms with Gasteiger partial charge in [-0.15, -0.1) is 0 Å². The summed E-state index contributed by atoms with van der Waals surface area (Å²) in [4.78, 5) is 11.0. The van der Waals surface area contributed by atoms with E-state index in [9.17, 15) is 4.79 Å². The number of ether oxygens (including phenoxy) is 2.